The first-order valence-electron chi connectivity index (χ1n) is 6.57. The zero-order chi connectivity index (χ0) is 19.2. The van der Waals surface area contributed by atoms with Crippen molar-refractivity contribution in [2.24, 2.45) is 23.1 Å². The number of aliphatic carboxylic acids is 3. The van der Waals surface area contributed by atoms with E-state index in [9.17, 15) is 14.4 Å². The number of carbonyl (C=O) groups is 3. The number of thiol groups is 2. The summed E-state index contributed by atoms with van der Waals surface area (Å²) in [6.07, 6.45) is 0.551. The van der Waals surface area contributed by atoms with E-state index >= 15 is 0 Å². The Labute approximate surface area is 146 Å². The van der Waals surface area contributed by atoms with Gasteiger partial charge in [-0.2, -0.15) is 25.3 Å². The Hall–Kier alpha value is -1.01. The predicted octanol–water partition coefficient (Wildman–Crippen LogP) is -0.899. The molecule has 0 amide bonds. The zero-order valence-corrected chi connectivity index (χ0v) is 14.9. The highest BCUT2D eigenvalue weighted by Crippen LogP contribution is 2.01. The molecule has 3 atom stereocenters. The summed E-state index contributed by atoms with van der Waals surface area (Å²) in [6.45, 7) is 3.89. The number of hydrogen-bond acceptors (Lipinski definition) is 8. The summed E-state index contributed by atoms with van der Waals surface area (Å²) in [7, 11) is 0. The van der Waals surface area contributed by atoms with Crippen LogP contribution in [0.1, 0.15) is 20.3 Å². The molecule has 0 radical (unpaired) electrons. The van der Waals surface area contributed by atoms with Crippen LogP contribution in [0.15, 0.2) is 0 Å². The molecule has 11 heteroatoms. The van der Waals surface area contributed by atoms with E-state index < -0.39 is 36.0 Å². The average molecular weight is 373 g/mol. The molecule has 0 spiro atoms. The molecule has 0 saturated carbocycles. The Balaban J connectivity index is -0.000000264. The van der Waals surface area contributed by atoms with E-state index in [2.05, 4.69) is 25.3 Å². The lowest BCUT2D eigenvalue weighted by molar-refractivity contribution is -0.139. The molecular weight excluding hydrogens is 346 g/mol. The zero-order valence-electron chi connectivity index (χ0n) is 13.1. The van der Waals surface area contributed by atoms with E-state index in [0.29, 0.717) is 12.3 Å². The van der Waals surface area contributed by atoms with Crippen molar-refractivity contribution in [3.8, 4) is 0 Å². The molecule has 0 aromatic rings. The largest absolute Gasteiger partial charge is 0.480 e. The summed E-state index contributed by atoms with van der Waals surface area (Å²) < 4.78 is 0. The number of carboxylic acid groups (broad SMARTS) is 3. The predicted molar refractivity (Wildman–Crippen MR) is 94.0 cm³/mol. The van der Waals surface area contributed by atoms with Crippen molar-refractivity contribution < 1.29 is 29.7 Å². The summed E-state index contributed by atoms with van der Waals surface area (Å²) in [5.41, 5.74) is 15.1. The molecule has 0 heterocycles. The minimum atomic E-state index is -1.00. The molecule has 3 unspecified atom stereocenters. The normalized spacial score (nSPS) is 13.6. The van der Waals surface area contributed by atoms with Gasteiger partial charge in [0.15, 0.2) is 0 Å². The minimum Gasteiger partial charge on any atom is -0.480 e. The van der Waals surface area contributed by atoms with E-state index in [1.807, 2.05) is 13.8 Å². The second-order valence-corrected chi connectivity index (χ2v) is 5.56. The Kier molecular flexibility index (Phi) is 18.5. The van der Waals surface area contributed by atoms with Gasteiger partial charge in [-0.25, -0.2) is 0 Å². The van der Waals surface area contributed by atoms with Crippen molar-refractivity contribution in [1.82, 2.24) is 0 Å². The maximum atomic E-state index is 10.1. The summed E-state index contributed by atoms with van der Waals surface area (Å²) in [4.78, 5) is 29.6. The highest BCUT2D eigenvalue weighted by molar-refractivity contribution is 7.80. The summed E-state index contributed by atoms with van der Waals surface area (Å²) in [5.74, 6) is -2.19. The highest BCUT2D eigenvalue weighted by Gasteiger charge is 2.12. The SMILES string of the molecule is CC(C)CC(N)C(=O)O.NC(CS)C(=O)O.NC(CS)C(=O)O. The lowest BCUT2D eigenvalue weighted by Gasteiger charge is -2.07. The van der Waals surface area contributed by atoms with Crippen molar-refractivity contribution in [1.29, 1.82) is 0 Å². The van der Waals surface area contributed by atoms with E-state index in [1.165, 1.54) is 0 Å². The molecule has 0 bridgehead atoms. The van der Waals surface area contributed by atoms with Crippen LogP contribution in [-0.4, -0.2) is 62.9 Å². The van der Waals surface area contributed by atoms with Crippen LogP contribution < -0.4 is 17.2 Å². The van der Waals surface area contributed by atoms with Crippen molar-refractivity contribution in [3.63, 3.8) is 0 Å². The average Bonchev–Trinajstić information content (AvgIpc) is 2.45. The van der Waals surface area contributed by atoms with Gasteiger partial charge in [0.1, 0.15) is 18.1 Å². The molecule has 9 N–H and O–H groups in total. The third kappa shape index (κ3) is 21.0. The summed E-state index contributed by atoms with van der Waals surface area (Å²) in [5, 5.41) is 24.3. The van der Waals surface area contributed by atoms with Gasteiger partial charge in [0.2, 0.25) is 0 Å². The van der Waals surface area contributed by atoms with Crippen LogP contribution in [-0.2, 0) is 14.4 Å². The van der Waals surface area contributed by atoms with E-state index in [-0.39, 0.29) is 11.5 Å². The molecule has 0 aliphatic carbocycles. The highest BCUT2D eigenvalue weighted by atomic mass is 32.1. The van der Waals surface area contributed by atoms with Gasteiger partial charge >= 0.3 is 17.9 Å². The summed E-state index contributed by atoms with van der Waals surface area (Å²) >= 11 is 7.30. The van der Waals surface area contributed by atoms with E-state index in [1.54, 1.807) is 0 Å². The van der Waals surface area contributed by atoms with Crippen LogP contribution in [0.2, 0.25) is 0 Å². The monoisotopic (exact) mass is 373 g/mol. The minimum absolute atomic E-state index is 0.190. The molecule has 0 rings (SSSR count). The van der Waals surface area contributed by atoms with Crippen LogP contribution >= 0.6 is 25.3 Å². The third-order valence-corrected chi connectivity index (χ3v) is 2.86. The van der Waals surface area contributed by atoms with Gasteiger partial charge in [-0.05, 0) is 12.3 Å². The molecule has 0 saturated heterocycles. The standard InChI is InChI=1S/C6H13NO2.2C3H7NO2S/c1-4(2)3-5(7)6(8)9;2*4-2(1-7)3(5)6/h4-5H,3,7H2,1-2H3,(H,8,9);2*2,7H,1,4H2,(H,5,6). The molecule has 0 aromatic heterocycles. The maximum Gasteiger partial charge on any atom is 0.321 e. The topological polar surface area (TPSA) is 190 Å². The van der Waals surface area contributed by atoms with Gasteiger partial charge in [0.25, 0.3) is 0 Å². The Morgan fingerprint density at radius 2 is 1.04 bits per heavy atom. The molecule has 0 fully saturated rings. The van der Waals surface area contributed by atoms with Gasteiger partial charge in [0, 0.05) is 11.5 Å². The Morgan fingerprint density at radius 1 is 0.783 bits per heavy atom. The second-order valence-electron chi connectivity index (χ2n) is 4.83. The first-order valence-corrected chi connectivity index (χ1v) is 7.83. The van der Waals surface area contributed by atoms with Gasteiger partial charge in [0.05, 0.1) is 0 Å². The van der Waals surface area contributed by atoms with Crippen molar-refractivity contribution in [2.45, 2.75) is 38.4 Å². The Bertz CT molecular complexity index is 338. The van der Waals surface area contributed by atoms with Gasteiger partial charge in [-0.3, -0.25) is 14.4 Å². The molecule has 138 valence electrons. The van der Waals surface area contributed by atoms with Crippen LogP contribution in [0.4, 0.5) is 0 Å². The number of nitrogens with two attached hydrogens (primary N) is 3. The van der Waals surface area contributed by atoms with Gasteiger partial charge in [-0.1, -0.05) is 13.8 Å². The fourth-order valence-electron chi connectivity index (χ4n) is 0.765. The number of carboxylic acids is 3. The van der Waals surface area contributed by atoms with Crippen molar-refractivity contribution in [3.05, 3.63) is 0 Å². The molecule has 0 aromatic carbocycles. The van der Waals surface area contributed by atoms with Crippen LogP contribution in [0.5, 0.6) is 0 Å². The maximum absolute atomic E-state index is 10.1. The van der Waals surface area contributed by atoms with Crippen molar-refractivity contribution >= 4 is 43.2 Å². The fourth-order valence-corrected chi connectivity index (χ4v) is 1.08. The molecular formula is C12H27N3O6S2. The van der Waals surface area contributed by atoms with E-state index in [0.717, 1.165) is 0 Å². The molecule has 0 aliphatic heterocycles. The Morgan fingerprint density at radius 3 is 1.09 bits per heavy atom. The molecule has 23 heavy (non-hydrogen) atoms. The number of hydrogen-bond donors (Lipinski definition) is 8. The quantitative estimate of drug-likeness (QED) is 0.261. The smallest absolute Gasteiger partial charge is 0.321 e. The molecule has 9 nitrogen and oxygen atoms in total. The van der Waals surface area contributed by atoms with Crippen LogP contribution in [0, 0.1) is 5.92 Å². The van der Waals surface area contributed by atoms with Gasteiger partial charge in [-0.15, -0.1) is 0 Å². The second kappa shape index (κ2) is 15.9. The number of rotatable bonds is 7. The lowest BCUT2D eigenvalue weighted by atomic mass is 10.1. The third-order valence-electron chi connectivity index (χ3n) is 2.07. The van der Waals surface area contributed by atoms with Crippen LogP contribution in [0.25, 0.3) is 0 Å². The fraction of sp³-hybridized carbons (Fsp3) is 0.750. The lowest BCUT2D eigenvalue weighted by Crippen LogP contribution is -2.31. The first kappa shape index (κ1) is 26.9. The van der Waals surface area contributed by atoms with E-state index in [4.69, 9.17) is 32.5 Å². The van der Waals surface area contributed by atoms with Crippen LogP contribution in [0.3, 0.4) is 0 Å². The molecule has 0 aliphatic rings. The van der Waals surface area contributed by atoms with Crippen molar-refractivity contribution in [2.75, 3.05) is 11.5 Å². The first-order chi connectivity index (χ1) is 10.4. The summed E-state index contributed by atoms with van der Waals surface area (Å²) in [6, 6.07) is -2.32. The van der Waals surface area contributed by atoms with Gasteiger partial charge < -0.3 is 32.5 Å².